The first kappa shape index (κ1) is 15.5. The highest BCUT2D eigenvalue weighted by Crippen LogP contribution is 2.33. The molecule has 0 unspecified atom stereocenters. The first-order valence-electron chi connectivity index (χ1n) is 7.09. The van der Waals surface area contributed by atoms with Crippen LogP contribution in [0.25, 0.3) is 0 Å². The topological polar surface area (TPSA) is 39.6 Å². The third-order valence-electron chi connectivity index (χ3n) is 4.14. The number of aryl methyl sites for hydroxylation is 1. The molecule has 0 atom stereocenters. The third-order valence-corrected chi connectivity index (χ3v) is 4.54. The smallest absolute Gasteiger partial charge is 0.128 e. The van der Waals surface area contributed by atoms with E-state index in [4.69, 9.17) is 11.6 Å². The fraction of sp³-hybridized carbons (Fsp3) is 0.667. The van der Waals surface area contributed by atoms with Crippen molar-refractivity contribution in [2.75, 3.05) is 45.2 Å². The van der Waals surface area contributed by atoms with Crippen LogP contribution < -0.4 is 4.90 Å². The second-order valence-electron chi connectivity index (χ2n) is 6.12. The quantitative estimate of drug-likeness (QED) is 0.925. The zero-order chi connectivity index (χ0) is 14.8. The molecule has 20 heavy (non-hydrogen) atoms. The summed E-state index contributed by atoms with van der Waals surface area (Å²) in [5.74, 6) is 0.989. The standard InChI is InChI=1S/C15H24ClN3O/c1-12-13(16)4-5-14(17-12)19-8-6-15(11-20,7-9-19)10-18(2)3/h4-5,20H,6-11H2,1-3H3. The molecule has 0 radical (unpaired) electrons. The van der Waals surface area contributed by atoms with Crippen molar-refractivity contribution in [1.29, 1.82) is 0 Å². The largest absolute Gasteiger partial charge is 0.396 e. The number of nitrogens with zero attached hydrogens (tertiary/aromatic N) is 3. The fourth-order valence-electron chi connectivity index (χ4n) is 2.95. The first-order valence-corrected chi connectivity index (χ1v) is 7.47. The summed E-state index contributed by atoms with van der Waals surface area (Å²) >= 11 is 6.03. The second-order valence-corrected chi connectivity index (χ2v) is 6.53. The number of halogens is 1. The number of hydrogen-bond acceptors (Lipinski definition) is 4. The molecule has 4 nitrogen and oxygen atoms in total. The van der Waals surface area contributed by atoms with E-state index in [0.29, 0.717) is 5.02 Å². The van der Waals surface area contributed by atoms with E-state index in [1.807, 2.05) is 19.1 Å². The summed E-state index contributed by atoms with van der Waals surface area (Å²) in [6.45, 7) is 4.99. The average Bonchev–Trinajstić information content (AvgIpc) is 2.42. The van der Waals surface area contributed by atoms with E-state index >= 15 is 0 Å². The Hall–Kier alpha value is -0.840. The van der Waals surface area contributed by atoms with Crippen molar-refractivity contribution in [2.24, 2.45) is 5.41 Å². The molecule has 0 bridgehead atoms. The first-order chi connectivity index (χ1) is 9.46. The molecular formula is C15H24ClN3O. The van der Waals surface area contributed by atoms with Gasteiger partial charge in [0.15, 0.2) is 0 Å². The number of hydrogen-bond donors (Lipinski definition) is 1. The predicted molar refractivity (Wildman–Crippen MR) is 83.5 cm³/mol. The molecule has 2 rings (SSSR count). The molecule has 1 fully saturated rings. The summed E-state index contributed by atoms with van der Waals surface area (Å²) in [5, 5.41) is 10.5. The minimum absolute atomic E-state index is 0.0292. The van der Waals surface area contributed by atoms with Gasteiger partial charge in [-0.3, -0.25) is 0 Å². The van der Waals surface area contributed by atoms with E-state index in [1.54, 1.807) is 0 Å². The van der Waals surface area contributed by atoms with Crippen molar-refractivity contribution < 1.29 is 5.11 Å². The number of rotatable bonds is 4. The van der Waals surface area contributed by atoms with E-state index in [0.717, 1.165) is 44.0 Å². The maximum absolute atomic E-state index is 9.75. The monoisotopic (exact) mass is 297 g/mol. The van der Waals surface area contributed by atoms with Crippen molar-refractivity contribution in [2.45, 2.75) is 19.8 Å². The van der Waals surface area contributed by atoms with Crippen molar-refractivity contribution in [3.05, 3.63) is 22.8 Å². The highest BCUT2D eigenvalue weighted by molar-refractivity contribution is 6.31. The van der Waals surface area contributed by atoms with Gasteiger partial charge in [0.2, 0.25) is 0 Å². The zero-order valence-corrected chi connectivity index (χ0v) is 13.3. The minimum Gasteiger partial charge on any atom is -0.396 e. The highest BCUT2D eigenvalue weighted by Gasteiger charge is 2.34. The minimum atomic E-state index is 0.0292. The number of aromatic nitrogens is 1. The van der Waals surface area contributed by atoms with E-state index in [1.165, 1.54) is 0 Å². The molecule has 1 saturated heterocycles. The normalized spacial score (nSPS) is 18.6. The maximum atomic E-state index is 9.75. The van der Waals surface area contributed by atoms with Crippen molar-refractivity contribution in [3.63, 3.8) is 0 Å². The van der Waals surface area contributed by atoms with E-state index in [2.05, 4.69) is 28.9 Å². The van der Waals surface area contributed by atoms with Crippen LogP contribution in [0.4, 0.5) is 5.82 Å². The number of anilines is 1. The van der Waals surface area contributed by atoms with Crippen molar-refractivity contribution in [1.82, 2.24) is 9.88 Å². The Morgan fingerprint density at radius 3 is 2.50 bits per heavy atom. The summed E-state index contributed by atoms with van der Waals surface area (Å²) in [7, 11) is 4.13. The lowest BCUT2D eigenvalue weighted by Crippen LogP contribution is -2.47. The van der Waals surface area contributed by atoms with Crippen LogP contribution in [0.1, 0.15) is 18.5 Å². The van der Waals surface area contributed by atoms with Gasteiger partial charge in [0.05, 0.1) is 17.3 Å². The predicted octanol–water partition coefficient (Wildman–Crippen LogP) is 2.18. The fourth-order valence-corrected chi connectivity index (χ4v) is 3.06. The van der Waals surface area contributed by atoms with Gasteiger partial charge in [-0.2, -0.15) is 0 Å². The van der Waals surface area contributed by atoms with Crippen LogP contribution in [0.5, 0.6) is 0 Å². The Labute approximate surface area is 126 Å². The van der Waals surface area contributed by atoms with Crippen LogP contribution >= 0.6 is 11.6 Å². The molecule has 0 saturated carbocycles. The van der Waals surface area contributed by atoms with Gasteiger partial charge in [-0.15, -0.1) is 0 Å². The lowest BCUT2D eigenvalue weighted by atomic mass is 9.78. The Morgan fingerprint density at radius 1 is 1.35 bits per heavy atom. The highest BCUT2D eigenvalue weighted by atomic mass is 35.5. The van der Waals surface area contributed by atoms with Gasteiger partial charge in [-0.05, 0) is 46.0 Å². The average molecular weight is 298 g/mol. The SMILES string of the molecule is Cc1nc(N2CCC(CO)(CN(C)C)CC2)ccc1Cl. The van der Waals surface area contributed by atoms with E-state index in [9.17, 15) is 5.11 Å². The van der Waals surface area contributed by atoms with E-state index < -0.39 is 0 Å². The third kappa shape index (κ3) is 3.43. The molecule has 2 heterocycles. The van der Waals surface area contributed by atoms with Gasteiger partial charge in [-0.25, -0.2) is 4.98 Å². The van der Waals surface area contributed by atoms with Crippen LogP contribution in [0, 0.1) is 12.3 Å². The summed E-state index contributed by atoms with van der Waals surface area (Å²) in [4.78, 5) is 9.00. The Kier molecular flexibility index (Phi) is 4.89. The molecule has 5 heteroatoms. The van der Waals surface area contributed by atoms with Gasteiger partial charge < -0.3 is 14.9 Å². The molecule has 0 aromatic carbocycles. The number of pyridine rings is 1. The molecule has 0 aliphatic carbocycles. The van der Waals surface area contributed by atoms with Crippen LogP contribution in [0.2, 0.25) is 5.02 Å². The van der Waals surface area contributed by atoms with Crippen LogP contribution in [-0.2, 0) is 0 Å². The molecule has 1 aromatic rings. The van der Waals surface area contributed by atoms with Crippen LogP contribution in [-0.4, -0.2) is 55.3 Å². The lowest BCUT2D eigenvalue weighted by molar-refractivity contribution is 0.0675. The van der Waals surface area contributed by atoms with E-state index in [-0.39, 0.29) is 12.0 Å². The Balaban J connectivity index is 2.04. The molecule has 0 spiro atoms. The molecule has 1 aliphatic heterocycles. The summed E-state index contributed by atoms with van der Waals surface area (Å²) in [6, 6.07) is 3.89. The number of aliphatic hydroxyl groups is 1. The van der Waals surface area contributed by atoms with Crippen LogP contribution in [0.15, 0.2) is 12.1 Å². The number of piperidine rings is 1. The van der Waals surface area contributed by atoms with Gasteiger partial charge in [0.1, 0.15) is 5.82 Å². The molecule has 1 aromatic heterocycles. The molecule has 1 aliphatic rings. The van der Waals surface area contributed by atoms with Gasteiger partial charge in [0.25, 0.3) is 0 Å². The van der Waals surface area contributed by atoms with Gasteiger partial charge in [0, 0.05) is 25.0 Å². The summed E-state index contributed by atoms with van der Waals surface area (Å²) in [6.07, 6.45) is 1.98. The summed E-state index contributed by atoms with van der Waals surface area (Å²) in [5.41, 5.74) is 0.901. The Morgan fingerprint density at radius 2 is 2.00 bits per heavy atom. The summed E-state index contributed by atoms with van der Waals surface area (Å²) < 4.78 is 0. The Bertz CT molecular complexity index is 456. The second kappa shape index (κ2) is 6.29. The molecule has 112 valence electrons. The zero-order valence-electron chi connectivity index (χ0n) is 12.6. The van der Waals surface area contributed by atoms with Crippen molar-refractivity contribution in [3.8, 4) is 0 Å². The van der Waals surface area contributed by atoms with Crippen molar-refractivity contribution >= 4 is 17.4 Å². The van der Waals surface area contributed by atoms with Gasteiger partial charge in [-0.1, -0.05) is 11.6 Å². The van der Waals surface area contributed by atoms with Crippen LogP contribution in [0.3, 0.4) is 0 Å². The number of aliphatic hydroxyl groups excluding tert-OH is 1. The van der Waals surface area contributed by atoms with Gasteiger partial charge >= 0.3 is 0 Å². The lowest BCUT2D eigenvalue weighted by Gasteiger charge is -2.42. The maximum Gasteiger partial charge on any atom is 0.128 e. The molecular weight excluding hydrogens is 274 g/mol. The molecule has 1 N–H and O–H groups in total. The molecule has 0 amide bonds.